The van der Waals surface area contributed by atoms with Crippen molar-refractivity contribution >= 4 is 33.3 Å². The number of benzene rings is 1. The molecule has 118 valence electrons. The largest absolute Gasteiger partial charge is 0.473 e. The van der Waals surface area contributed by atoms with Crippen LogP contribution in [0.4, 0.5) is 0 Å². The van der Waals surface area contributed by atoms with Crippen LogP contribution in [0.3, 0.4) is 0 Å². The lowest BCUT2D eigenvalue weighted by Gasteiger charge is -2.15. The van der Waals surface area contributed by atoms with Crippen LogP contribution in [0.25, 0.3) is 27.3 Å². The van der Waals surface area contributed by atoms with Gasteiger partial charge < -0.3 is 10.1 Å². The van der Waals surface area contributed by atoms with E-state index in [9.17, 15) is 9.90 Å². The van der Waals surface area contributed by atoms with Crippen LogP contribution in [-0.4, -0.2) is 16.1 Å². The minimum Gasteiger partial charge on any atom is -0.473 e. The molecule has 0 saturated heterocycles. The van der Waals surface area contributed by atoms with Gasteiger partial charge in [-0.05, 0) is 37.3 Å². The molecule has 0 unspecified atom stereocenters. The molecule has 24 heavy (non-hydrogen) atoms. The molecule has 0 radical (unpaired) electrons. The van der Waals surface area contributed by atoms with E-state index in [0.717, 1.165) is 53.2 Å². The van der Waals surface area contributed by atoms with Crippen molar-refractivity contribution in [3.63, 3.8) is 0 Å². The van der Waals surface area contributed by atoms with Gasteiger partial charge in [0, 0.05) is 34.0 Å². The molecule has 3 heterocycles. The number of pyridine rings is 2. The zero-order valence-corrected chi connectivity index (χ0v) is 13.2. The van der Waals surface area contributed by atoms with Crippen molar-refractivity contribution in [3.05, 3.63) is 59.4 Å². The van der Waals surface area contributed by atoms with E-state index in [1.54, 1.807) is 0 Å². The van der Waals surface area contributed by atoms with Gasteiger partial charge in [-0.1, -0.05) is 18.2 Å². The van der Waals surface area contributed by atoms with Crippen LogP contribution in [0.15, 0.2) is 42.6 Å². The number of hydrogen-bond acceptors (Lipinski definition) is 1. The minimum atomic E-state index is -0.848. The topological polar surface area (TPSA) is 57.2 Å². The van der Waals surface area contributed by atoms with Gasteiger partial charge in [-0.2, -0.15) is 4.40 Å². The first-order valence-corrected chi connectivity index (χ1v) is 8.37. The van der Waals surface area contributed by atoms with E-state index < -0.39 is 5.97 Å². The Kier molecular flexibility index (Phi) is 2.71. The molecule has 1 aromatic carbocycles. The standard InChI is InChI=1S/C20H16N2O2/c23-20(24)19-13-6-2-1-5-12(13)11-17-18-15(9-10-22(17)19)14-7-3-4-8-16(14)21-18/h3-4,7-11H,1-2,5-6H2,(H,23,24)/p+1. The van der Waals surface area contributed by atoms with Crippen LogP contribution in [0.1, 0.15) is 34.5 Å². The van der Waals surface area contributed by atoms with E-state index in [1.807, 2.05) is 28.8 Å². The van der Waals surface area contributed by atoms with E-state index in [4.69, 9.17) is 0 Å². The Morgan fingerprint density at radius 1 is 1.08 bits per heavy atom. The third-order valence-electron chi connectivity index (χ3n) is 5.20. The quantitative estimate of drug-likeness (QED) is 0.527. The molecular formula is C20H17N2O2+. The van der Waals surface area contributed by atoms with Crippen LogP contribution >= 0.6 is 0 Å². The number of carboxylic acids is 1. The van der Waals surface area contributed by atoms with Gasteiger partial charge >= 0.3 is 5.97 Å². The maximum Gasteiger partial charge on any atom is 0.402 e. The Morgan fingerprint density at radius 2 is 1.92 bits per heavy atom. The molecule has 0 atom stereocenters. The third kappa shape index (κ3) is 1.74. The first-order chi connectivity index (χ1) is 11.7. The SMILES string of the molecule is O=C(O)c1c2c(cc3c4[nH]c5ccccc5c4cc[n+]13)CCCC2. The molecular weight excluding hydrogens is 300 g/mol. The van der Waals surface area contributed by atoms with Gasteiger partial charge in [-0.25, -0.2) is 4.79 Å². The second-order valence-electron chi connectivity index (χ2n) is 6.54. The van der Waals surface area contributed by atoms with Crippen molar-refractivity contribution in [2.24, 2.45) is 0 Å². The molecule has 5 rings (SSSR count). The summed E-state index contributed by atoms with van der Waals surface area (Å²) in [6.45, 7) is 0. The number of carbonyl (C=O) groups is 1. The number of rotatable bonds is 1. The molecule has 0 spiro atoms. The second-order valence-corrected chi connectivity index (χ2v) is 6.54. The van der Waals surface area contributed by atoms with Gasteiger partial charge in [0.05, 0.1) is 0 Å². The fourth-order valence-electron chi connectivity index (χ4n) is 4.13. The summed E-state index contributed by atoms with van der Waals surface area (Å²) in [7, 11) is 0. The molecule has 1 aliphatic rings. The van der Waals surface area contributed by atoms with Crippen molar-refractivity contribution in [3.8, 4) is 0 Å². The summed E-state index contributed by atoms with van der Waals surface area (Å²) >= 11 is 0. The lowest BCUT2D eigenvalue weighted by atomic mass is 9.90. The average Bonchev–Trinajstić information content (AvgIpc) is 2.98. The molecule has 0 aliphatic heterocycles. The summed E-state index contributed by atoms with van der Waals surface area (Å²) in [5, 5.41) is 12.1. The van der Waals surface area contributed by atoms with E-state index in [-0.39, 0.29) is 0 Å². The smallest absolute Gasteiger partial charge is 0.402 e. The highest BCUT2D eigenvalue weighted by molar-refractivity contribution is 6.11. The number of fused-ring (bicyclic) bond motifs is 6. The number of aromatic amines is 1. The summed E-state index contributed by atoms with van der Waals surface area (Å²) in [4.78, 5) is 15.4. The van der Waals surface area contributed by atoms with Gasteiger partial charge in [-0.15, -0.1) is 0 Å². The summed E-state index contributed by atoms with van der Waals surface area (Å²) in [6.07, 6.45) is 5.91. The van der Waals surface area contributed by atoms with Gasteiger partial charge in [0.1, 0.15) is 5.52 Å². The van der Waals surface area contributed by atoms with E-state index in [1.165, 1.54) is 10.9 Å². The van der Waals surface area contributed by atoms with Crippen LogP contribution in [0.5, 0.6) is 0 Å². The predicted octanol–water partition coefficient (Wildman–Crippen LogP) is 3.64. The first-order valence-electron chi connectivity index (χ1n) is 8.37. The second kappa shape index (κ2) is 4.81. The Labute approximate surface area is 138 Å². The fraction of sp³-hybridized carbons (Fsp3) is 0.200. The Hall–Kier alpha value is -2.88. The summed E-state index contributed by atoms with van der Waals surface area (Å²) in [5.41, 5.74) is 5.64. The molecule has 4 nitrogen and oxygen atoms in total. The highest BCUT2D eigenvalue weighted by Gasteiger charge is 2.29. The van der Waals surface area contributed by atoms with Crippen LogP contribution in [0.2, 0.25) is 0 Å². The number of para-hydroxylation sites is 1. The number of carboxylic acid groups (broad SMARTS) is 1. The first kappa shape index (κ1) is 13.5. The monoisotopic (exact) mass is 317 g/mol. The van der Waals surface area contributed by atoms with Crippen molar-refractivity contribution in [2.45, 2.75) is 25.7 Å². The van der Waals surface area contributed by atoms with Crippen LogP contribution < -0.4 is 4.40 Å². The number of aromatic nitrogens is 2. The van der Waals surface area contributed by atoms with E-state index in [0.29, 0.717) is 5.69 Å². The molecule has 4 heteroatoms. The van der Waals surface area contributed by atoms with Crippen LogP contribution in [0, 0.1) is 0 Å². The normalized spacial score (nSPS) is 14.3. The number of hydrogen-bond donors (Lipinski definition) is 2. The van der Waals surface area contributed by atoms with Crippen LogP contribution in [-0.2, 0) is 12.8 Å². The third-order valence-corrected chi connectivity index (χ3v) is 5.20. The molecule has 4 aromatic rings. The maximum absolute atomic E-state index is 12.0. The van der Waals surface area contributed by atoms with Crippen molar-refractivity contribution < 1.29 is 14.3 Å². The predicted molar refractivity (Wildman–Crippen MR) is 92.6 cm³/mol. The molecule has 1 aliphatic carbocycles. The molecule has 3 aromatic heterocycles. The Bertz CT molecular complexity index is 1140. The van der Waals surface area contributed by atoms with Gasteiger partial charge in [0.2, 0.25) is 5.52 Å². The molecule has 0 saturated carbocycles. The van der Waals surface area contributed by atoms with Gasteiger partial charge in [0.15, 0.2) is 6.20 Å². The Morgan fingerprint density at radius 3 is 2.79 bits per heavy atom. The van der Waals surface area contributed by atoms with Gasteiger partial charge in [-0.3, -0.25) is 0 Å². The number of aromatic carboxylic acids is 1. The van der Waals surface area contributed by atoms with Crippen molar-refractivity contribution in [1.29, 1.82) is 0 Å². The fourth-order valence-corrected chi connectivity index (χ4v) is 4.13. The molecule has 0 bridgehead atoms. The lowest BCUT2D eigenvalue weighted by Crippen LogP contribution is -2.34. The number of nitrogens with zero attached hydrogens (tertiary/aromatic N) is 1. The molecule has 0 amide bonds. The maximum atomic E-state index is 12.0. The average molecular weight is 317 g/mol. The number of aryl methyl sites for hydroxylation is 1. The van der Waals surface area contributed by atoms with E-state index >= 15 is 0 Å². The number of nitrogens with one attached hydrogen (secondary N) is 1. The Balaban J connectivity index is 1.99. The molecule has 2 N–H and O–H groups in total. The zero-order valence-electron chi connectivity index (χ0n) is 13.2. The van der Waals surface area contributed by atoms with Crippen molar-refractivity contribution in [1.82, 2.24) is 4.98 Å². The lowest BCUT2D eigenvalue weighted by molar-refractivity contribution is -0.515. The van der Waals surface area contributed by atoms with Gasteiger partial charge in [0.25, 0.3) is 5.69 Å². The highest BCUT2D eigenvalue weighted by atomic mass is 16.4. The summed E-state index contributed by atoms with van der Waals surface area (Å²) in [5.74, 6) is -0.848. The highest BCUT2D eigenvalue weighted by Crippen LogP contribution is 2.30. The summed E-state index contributed by atoms with van der Waals surface area (Å²) in [6, 6.07) is 12.4. The zero-order chi connectivity index (χ0) is 16.3. The van der Waals surface area contributed by atoms with Crippen molar-refractivity contribution in [2.75, 3.05) is 0 Å². The molecule has 0 fully saturated rings. The van der Waals surface area contributed by atoms with E-state index in [2.05, 4.69) is 23.2 Å². The number of H-pyrrole nitrogens is 1. The minimum absolute atomic E-state index is 0.419. The summed E-state index contributed by atoms with van der Waals surface area (Å²) < 4.78 is 1.84.